The second kappa shape index (κ2) is 6.83. The quantitative estimate of drug-likeness (QED) is 0.801. The zero-order valence-electron chi connectivity index (χ0n) is 12.3. The summed E-state index contributed by atoms with van der Waals surface area (Å²) in [6.45, 7) is 3.97. The van der Waals surface area contributed by atoms with Gasteiger partial charge >= 0.3 is 0 Å². The number of primary amides is 1. The van der Waals surface area contributed by atoms with Crippen LogP contribution < -0.4 is 11.1 Å². The number of rotatable bonds is 5. The van der Waals surface area contributed by atoms with Crippen LogP contribution in [0.4, 0.5) is 0 Å². The van der Waals surface area contributed by atoms with Crippen LogP contribution in [0, 0.1) is 5.92 Å². The van der Waals surface area contributed by atoms with E-state index in [9.17, 15) is 4.79 Å². The minimum Gasteiger partial charge on any atom is -0.369 e. The maximum absolute atomic E-state index is 11.6. The molecule has 3 atom stereocenters. The van der Waals surface area contributed by atoms with Gasteiger partial charge in [0.2, 0.25) is 11.8 Å². The Morgan fingerprint density at radius 3 is 2.85 bits per heavy atom. The third-order valence-electron chi connectivity index (χ3n) is 4.02. The number of amides is 1. The molecule has 0 radical (unpaired) electrons. The van der Waals surface area contributed by atoms with Crippen molar-refractivity contribution in [1.82, 2.24) is 15.5 Å². The summed E-state index contributed by atoms with van der Waals surface area (Å²) in [6.07, 6.45) is 5.94. The summed E-state index contributed by atoms with van der Waals surface area (Å²) in [5, 5.41) is 7.35. The summed E-state index contributed by atoms with van der Waals surface area (Å²) in [6, 6.07) is 0.0368. The number of carbonyl (C=O) groups excluding carboxylic acids is 1. The Balaban J connectivity index is 2.03. The van der Waals surface area contributed by atoms with Crippen LogP contribution in [0.25, 0.3) is 0 Å². The molecule has 1 amide bonds. The Morgan fingerprint density at radius 2 is 2.20 bits per heavy atom. The zero-order valence-corrected chi connectivity index (χ0v) is 12.3. The van der Waals surface area contributed by atoms with Crippen molar-refractivity contribution in [3.63, 3.8) is 0 Å². The molecule has 1 aromatic heterocycles. The highest BCUT2D eigenvalue weighted by molar-refractivity contribution is 5.77. The average Bonchev–Trinajstić information content (AvgIpc) is 2.79. The molecule has 6 heteroatoms. The molecule has 1 fully saturated rings. The molecule has 1 saturated carbocycles. The van der Waals surface area contributed by atoms with Gasteiger partial charge in [0, 0.05) is 12.5 Å². The molecule has 0 spiro atoms. The lowest BCUT2D eigenvalue weighted by Crippen LogP contribution is -2.43. The number of aromatic nitrogens is 2. The molecular weight excluding hydrogens is 256 g/mol. The van der Waals surface area contributed by atoms with E-state index in [4.69, 9.17) is 10.3 Å². The van der Waals surface area contributed by atoms with E-state index < -0.39 is 0 Å². The van der Waals surface area contributed by atoms with Gasteiger partial charge in [-0.25, -0.2) is 0 Å². The summed E-state index contributed by atoms with van der Waals surface area (Å²) in [7, 11) is 0. The van der Waals surface area contributed by atoms with Crippen molar-refractivity contribution in [1.29, 1.82) is 0 Å². The molecule has 6 nitrogen and oxygen atoms in total. The standard InChI is InChI=1S/C14H24N4O2/c1-3-12-17-14(20-18-12)9(2)16-11-8-6-4-5-7-10(11)13(15)19/h9-11,16H,3-8H2,1-2H3,(H2,15,19)/t9-,10-,11+/m0/s1. The van der Waals surface area contributed by atoms with Crippen molar-refractivity contribution >= 4 is 5.91 Å². The van der Waals surface area contributed by atoms with Crippen molar-refractivity contribution in [2.24, 2.45) is 11.7 Å². The first-order chi connectivity index (χ1) is 9.61. The number of carbonyl (C=O) groups is 1. The normalized spacial score (nSPS) is 25.1. The van der Waals surface area contributed by atoms with Crippen LogP contribution in [-0.4, -0.2) is 22.1 Å². The molecule has 1 heterocycles. The fourth-order valence-electron chi connectivity index (χ4n) is 2.83. The van der Waals surface area contributed by atoms with Crippen molar-refractivity contribution in [3.8, 4) is 0 Å². The van der Waals surface area contributed by atoms with Crippen molar-refractivity contribution in [3.05, 3.63) is 11.7 Å². The second-order valence-corrected chi connectivity index (χ2v) is 5.54. The molecule has 0 bridgehead atoms. The lowest BCUT2D eigenvalue weighted by Gasteiger charge is -2.25. The van der Waals surface area contributed by atoms with Gasteiger partial charge in [0.1, 0.15) is 0 Å². The van der Waals surface area contributed by atoms with Crippen LogP contribution in [0.3, 0.4) is 0 Å². The van der Waals surface area contributed by atoms with Gasteiger partial charge in [0.25, 0.3) is 0 Å². The maximum Gasteiger partial charge on any atom is 0.243 e. The summed E-state index contributed by atoms with van der Waals surface area (Å²) in [5.41, 5.74) is 5.54. The highest BCUT2D eigenvalue weighted by atomic mass is 16.5. The molecule has 0 unspecified atom stereocenters. The molecule has 1 aromatic rings. The predicted molar refractivity (Wildman–Crippen MR) is 74.8 cm³/mol. The van der Waals surface area contributed by atoms with Gasteiger partial charge in [-0.15, -0.1) is 0 Å². The third kappa shape index (κ3) is 3.56. The third-order valence-corrected chi connectivity index (χ3v) is 4.02. The van der Waals surface area contributed by atoms with Gasteiger partial charge in [-0.1, -0.05) is 31.3 Å². The van der Waals surface area contributed by atoms with Gasteiger partial charge in [-0.2, -0.15) is 4.98 Å². The van der Waals surface area contributed by atoms with Crippen LogP contribution in [0.5, 0.6) is 0 Å². The maximum atomic E-state index is 11.6. The molecule has 1 aliphatic carbocycles. The van der Waals surface area contributed by atoms with Crippen LogP contribution in [0.1, 0.15) is 63.7 Å². The summed E-state index contributed by atoms with van der Waals surface area (Å²) >= 11 is 0. The minimum absolute atomic E-state index is 0.0623. The van der Waals surface area contributed by atoms with E-state index in [1.54, 1.807) is 0 Å². The SMILES string of the molecule is CCc1noc([C@H](C)N[C@@H]2CCCCC[C@@H]2C(N)=O)n1. The van der Waals surface area contributed by atoms with Gasteiger partial charge in [0.15, 0.2) is 5.82 Å². The van der Waals surface area contributed by atoms with E-state index in [1.165, 1.54) is 0 Å². The number of nitrogens with zero attached hydrogens (tertiary/aromatic N) is 2. The topological polar surface area (TPSA) is 94.0 Å². The molecule has 1 aliphatic rings. The first-order valence-corrected chi connectivity index (χ1v) is 7.49. The van der Waals surface area contributed by atoms with Crippen LogP contribution >= 0.6 is 0 Å². The van der Waals surface area contributed by atoms with Gasteiger partial charge < -0.3 is 15.6 Å². The fraction of sp³-hybridized carbons (Fsp3) is 0.786. The molecule has 112 valence electrons. The molecule has 2 rings (SSSR count). The highest BCUT2D eigenvalue weighted by Gasteiger charge is 2.30. The number of hydrogen-bond donors (Lipinski definition) is 2. The Bertz CT molecular complexity index is 446. The van der Waals surface area contributed by atoms with Crippen molar-refractivity contribution < 1.29 is 9.32 Å². The molecule has 0 aliphatic heterocycles. The largest absolute Gasteiger partial charge is 0.369 e. The second-order valence-electron chi connectivity index (χ2n) is 5.54. The van der Waals surface area contributed by atoms with E-state index in [2.05, 4.69) is 15.5 Å². The molecule has 20 heavy (non-hydrogen) atoms. The van der Waals surface area contributed by atoms with Crippen LogP contribution in [0.15, 0.2) is 4.52 Å². The van der Waals surface area contributed by atoms with Gasteiger partial charge in [-0.05, 0) is 19.8 Å². The Kier molecular flexibility index (Phi) is 5.11. The summed E-state index contributed by atoms with van der Waals surface area (Å²) in [5.74, 6) is 0.972. The predicted octanol–water partition coefficient (Wildman–Crippen LogP) is 1.72. The minimum atomic E-state index is -0.212. The van der Waals surface area contributed by atoms with Crippen molar-refractivity contribution in [2.45, 2.75) is 64.5 Å². The number of hydrogen-bond acceptors (Lipinski definition) is 5. The molecule has 3 N–H and O–H groups in total. The van der Waals surface area contributed by atoms with Crippen LogP contribution in [-0.2, 0) is 11.2 Å². The Hall–Kier alpha value is -1.43. The molecular formula is C14H24N4O2. The molecule has 0 saturated heterocycles. The zero-order chi connectivity index (χ0) is 14.5. The van der Waals surface area contributed by atoms with Gasteiger partial charge in [0.05, 0.1) is 12.0 Å². The van der Waals surface area contributed by atoms with Gasteiger partial charge in [-0.3, -0.25) is 4.79 Å². The monoisotopic (exact) mass is 280 g/mol. The van der Waals surface area contributed by atoms with Crippen LogP contribution in [0.2, 0.25) is 0 Å². The van der Waals surface area contributed by atoms with E-state index >= 15 is 0 Å². The first-order valence-electron chi connectivity index (χ1n) is 7.49. The summed E-state index contributed by atoms with van der Waals surface area (Å²) < 4.78 is 5.25. The van der Waals surface area contributed by atoms with Crippen molar-refractivity contribution in [2.75, 3.05) is 0 Å². The highest BCUT2D eigenvalue weighted by Crippen LogP contribution is 2.25. The smallest absolute Gasteiger partial charge is 0.243 e. The van der Waals surface area contributed by atoms with E-state index in [0.717, 1.165) is 38.5 Å². The van der Waals surface area contributed by atoms with E-state index in [1.807, 2.05) is 13.8 Å². The van der Waals surface area contributed by atoms with E-state index in [0.29, 0.717) is 11.7 Å². The molecule has 0 aromatic carbocycles. The first kappa shape index (κ1) is 15.0. The fourth-order valence-corrected chi connectivity index (χ4v) is 2.83. The number of nitrogens with two attached hydrogens (primary N) is 1. The summed E-state index contributed by atoms with van der Waals surface area (Å²) in [4.78, 5) is 15.9. The number of nitrogens with one attached hydrogen (secondary N) is 1. The van der Waals surface area contributed by atoms with E-state index in [-0.39, 0.29) is 23.9 Å². The lowest BCUT2D eigenvalue weighted by molar-refractivity contribution is -0.123. The lowest BCUT2D eigenvalue weighted by atomic mass is 9.93. The Morgan fingerprint density at radius 1 is 1.45 bits per heavy atom. The Labute approximate surface area is 119 Å². The number of aryl methyl sites for hydroxylation is 1. The average molecular weight is 280 g/mol.